The number of hydrogen-bond acceptors (Lipinski definition) is 6. The molecule has 0 radical (unpaired) electrons. The van der Waals surface area contributed by atoms with E-state index in [1.54, 1.807) is 0 Å². The third kappa shape index (κ3) is 5.54. The molecule has 2 amide bonds. The average molecular weight is 564 g/mol. The van der Waals surface area contributed by atoms with Crippen LogP contribution in [0.3, 0.4) is 0 Å². The monoisotopic (exact) mass is 563 g/mol. The van der Waals surface area contributed by atoms with Crippen LogP contribution in [-0.4, -0.2) is 122 Å². The Morgan fingerprint density at radius 1 is 1.10 bits per heavy atom. The number of likely N-dealkylation sites (N-methyl/N-ethyl adjacent to an activating group) is 1. The molecular weight excluding hydrogens is 509 g/mol. The number of ether oxygens (including phenoxy) is 1. The Morgan fingerprint density at radius 3 is 2.55 bits per heavy atom. The minimum atomic E-state index is -0.738. The maximum absolute atomic E-state index is 13.9. The highest BCUT2D eigenvalue weighted by Gasteiger charge is 2.63. The normalized spacial score (nSPS) is 42.4. The standard InChI is InChI=1S/C31H54FN5O3/c1-35-26-17-24(40-2)10-11-25(26)28-29(35)27(19-38)37(30(39)34-22-8-6-21(32)7-9-22)20-31(28)12-15-36(16-13-31)18-23-5-3-4-14-33-23/h21-29,33,38H,3-20H2,1-2H3,(H,34,39)/t21?,22?,23?,24?,25?,26?,27-,28?,29?/m1/s1. The van der Waals surface area contributed by atoms with E-state index in [9.17, 15) is 14.3 Å². The summed E-state index contributed by atoms with van der Waals surface area (Å²) in [7, 11) is 4.08. The summed E-state index contributed by atoms with van der Waals surface area (Å²) in [6.07, 6.45) is 11.5. The highest BCUT2D eigenvalue weighted by Crippen LogP contribution is 2.58. The Balaban J connectivity index is 1.24. The number of methoxy groups -OCH3 is 1. The Labute approximate surface area is 240 Å². The number of aliphatic hydroxyl groups is 1. The number of aliphatic hydroxyl groups excluding tert-OH is 1. The summed E-state index contributed by atoms with van der Waals surface area (Å²) in [5.41, 5.74) is 0.0638. The lowest BCUT2D eigenvalue weighted by molar-refractivity contribution is -0.0811. The Kier molecular flexibility index (Phi) is 8.95. The van der Waals surface area contributed by atoms with Gasteiger partial charge in [0.25, 0.3) is 0 Å². The largest absolute Gasteiger partial charge is 0.394 e. The van der Waals surface area contributed by atoms with E-state index in [1.165, 1.54) is 25.7 Å². The van der Waals surface area contributed by atoms with Crippen LogP contribution >= 0.6 is 0 Å². The molecule has 4 heterocycles. The van der Waals surface area contributed by atoms with Crippen LogP contribution in [0.1, 0.15) is 77.0 Å². The summed E-state index contributed by atoms with van der Waals surface area (Å²) in [5, 5.41) is 17.8. The van der Waals surface area contributed by atoms with Crippen LogP contribution in [0.25, 0.3) is 0 Å². The second kappa shape index (κ2) is 12.3. The second-order valence-electron chi connectivity index (χ2n) is 14.2. The molecule has 7 atom stereocenters. The van der Waals surface area contributed by atoms with Crippen LogP contribution in [-0.2, 0) is 4.74 Å². The topological polar surface area (TPSA) is 80.3 Å². The summed E-state index contributed by atoms with van der Waals surface area (Å²) in [6, 6.07) is 0.966. The number of urea groups is 1. The van der Waals surface area contributed by atoms with Crippen molar-refractivity contribution in [3.05, 3.63) is 0 Å². The van der Waals surface area contributed by atoms with E-state index < -0.39 is 6.17 Å². The van der Waals surface area contributed by atoms with Crippen LogP contribution in [0.5, 0.6) is 0 Å². The van der Waals surface area contributed by atoms with Gasteiger partial charge in [-0.25, -0.2) is 9.18 Å². The number of likely N-dealkylation sites (tertiary alicyclic amines) is 3. The highest BCUT2D eigenvalue weighted by molar-refractivity contribution is 5.75. The molecule has 4 saturated heterocycles. The zero-order valence-corrected chi connectivity index (χ0v) is 24.9. The molecule has 228 valence electrons. The van der Waals surface area contributed by atoms with Crippen molar-refractivity contribution in [1.29, 1.82) is 0 Å². The molecule has 2 saturated carbocycles. The van der Waals surface area contributed by atoms with Crippen molar-refractivity contribution in [2.24, 2.45) is 17.3 Å². The molecule has 0 aromatic carbocycles. The van der Waals surface area contributed by atoms with Gasteiger partial charge in [-0.05, 0) is 115 Å². The number of carbonyl (C=O) groups is 1. The van der Waals surface area contributed by atoms with Gasteiger partial charge in [-0.2, -0.15) is 0 Å². The van der Waals surface area contributed by atoms with Crippen LogP contribution in [0.2, 0.25) is 0 Å². The molecule has 4 aliphatic heterocycles. The predicted octanol–water partition coefficient (Wildman–Crippen LogP) is 2.99. The number of alkyl halides is 1. The smallest absolute Gasteiger partial charge is 0.318 e. The van der Waals surface area contributed by atoms with E-state index in [0.717, 1.165) is 58.4 Å². The maximum atomic E-state index is 13.9. The molecule has 2 aliphatic carbocycles. The molecule has 8 nitrogen and oxygen atoms in total. The average Bonchev–Trinajstić information content (AvgIpc) is 3.28. The number of halogens is 1. The predicted molar refractivity (Wildman–Crippen MR) is 154 cm³/mol. The summed E-state index contributed by atoms with van der Waals surface area (Å²) in [6.45, 7) is 5.16. The van der Waals surface area contributed by atoms with Crippen LogP contribution in [0.15, 0.2) is 0 Å². The van der Waals surface area contributed by atoms with E-state index in [2.05, 4.69) is 27.5 Å². The van der Waals surface area contributed by atoms with Gasteiger partial charge in [0.1, 0.15) is 6.17 Å². The summed E-state index contributed by atoms with van der Waals surface area (Å²) < 4.78 is 19.6. The van der Waals surface area contributed by atoms with Crippen molar-refractivity contribution in [2.45, 2.75) is 120 Å². The Hall–Kier alpha value is -1.00. The molecule has 0 aromatic heterocycles. The summed E-state index contributed by atoms with van der Waals surface area (Å²) in [4.78, 5) is 21.2. The lowest BCUT2D eigenvalue weighted by Crippen LogP contribution is -2.69. The van der Waals surface area contributed by atoms with Gasteiger partial charge >= 0.3 is 6.03 Å². The first-order valence-electron chi connectivity index (χ1n) is 16.4. The van der Waals surface area contributed by atoms with Gasteiger partial charge in [-0.3, -0.25) is 4.90 Å². The first-order chi connectivity index (χ1) is 19.4. The quantitative estimate of drug-likeness (QED) is 0.477. The van der Waals surface area contributed by atoms with Gasteiger partial charge in [0.05, 0.1) is 18.8 Å². The molecule has 0 aromatic rings. The minimum Gasteiger partial charge on any atom is -0.394 e. The fourth-order valence-corrected chi connectivity index (χ4v) is 9.98. The van der Waals surface area contributed by atoms with Crippen LogP contribution < -0.4 is 10.6 Å². The molecular formula is C31H54FN5O3. The molecule has 9 heteroatoms. The number of amides is 2. The number of carbonyl (C=O) groups excluding carboxylic acids is 1. The first-order valence-corrected chi connectivity index (χ1v) is 16.4. The van der Waals surface area contributed by atoms with Crippen molar-refractivity contribution in [3.8, 4) is 0 Å². The molecule has 40 heavy (non-hydrogen) atoms. The molecule has 6 rings (SSSR count). The molecule has 6 fully saturated rings. The van der Waals surface area contributed by atoms with Gasteiger partial charge in [-0.15, -0.1) is 0 Å². The minimum absolute atomic E-state index is 0.0150. The number of nitrogens with zero attached hydrogens (tertiary/aromatic N) is 3. The molecule has 6 aliphatic rings. The number of hydrogen-bond donors (Lipinski definition) is 3. The van der Waals surface area contributed by atoms with Crippen molar-refractivity contribution in [2.75, 3.05) is 53.5 Å². The van der Waals surface area contributed by atoms with Crippen molar-refractivity contribution < 1.29 is 19.0 Å². The van der Waals surface area contributed by atoms with E-state index >= 15 is 0 Å². The molecule has 1 spiro atoms. The lowest BCUT2D eigenvalue weighted by Gasteiger charge is -2.58. The third-order valence-electron chi connectivity index (χ3n) is 12.1. The van der Waals surface area contributed by atoms with E-state index in [0.29, 0.717) is 55.7 Å². The third-order valence-corrected chi connectivity index (χ3v) is 12.1. The van der Waals surface area contributed by atoms with Gasteiger partial charge in [0, 0.05) is 44.4 Å². The van der Waals surface area contributed by atoms with Gasteiger partial charge in [0.2, 0.25) is 0 Å². The highest BCUT2D eigenvalue weighted by atomic mass is 19.1. The van der Waals surface area contributed by atoms with Gasteiger partial charge in [0.15, 0.2) is 0 Å². The first kappa shape index (κ1) is 29.1. The van der Waals surface area contributed by atoms with E-state index in [-0.39, 0.29) is 36.2 Å². The fraction of sp³-hybridized carbons (Fsp3) is 0.968. The molecule has 6 unspecified atom stereocenters. The van der Waals surface area contributed by atoms with Crippen LogP contribution in [0.4, 0.5) is 9.18 Å². The zero-order valence-electron chi connectivity index (χ0n) is 24.9. The number of nitrogens with one attached hydrogen (secondary N) is 2. The van der Waals surface area contributed by atoms with Crippen molar-refractivity contribution in [3.63, 3.8) is 0 Å². The maximum Gasteiger partial charge on any atom is 0.318 e. The van der Waals surface area contributed by atoms with Gasteiger partial charge in [-0.1, -0.05) is 6.42 Å². The van der Waals surface area contributed by atoms with Crippen molar-refractivity contribution in [1.82, 2.24) is 25.3 Å². The lowest BCUT2D eigenvalue weighted by atomic mass is 9.57. The van der Waals surface area contributed by atoms with Gasteiger partial charge < -0.3 is 30.3 Å². The Bertz CT molecular complexity index is 858. The number of piperidine rings is 3. The van der Waals surface area contributed by atoms with E-state index in [1.807, 2.05) is 12.0 Å². The van der Waals surface area contributed by atoms with Crippen LogP contribution in [0, 0.1) is 17.3 Å². The van der Waals surface area contributed by atoms with E-state index in [4.69, 9.17) is 4.74 Å². The zero-order chi connectivity index (χ0) is 27.9. The van der Waals surface area contributed by atoms with Crippen molar-refractivity contribution >= 4 is 6.03 Å². The summed E-state index contributed by atoms with van der Waals surface area (Å²) in [5.74, 6) is 1.07. The molecule has 0 bridgehead atoms. The second-order valence-corrected chi connectivity index (χ2v) is 14.2. The Morgan fingerprint density at radius 2 is 1.88 bits per heavy atom. The summed E-state index contributed by atoms with van der Waals surface area (Å²) >= 11 is 0. The number of fused-ring (bicyclic) bond motifs is 4. The SMILES string of the molecule is COC1CCC2C(C1)N(C)C1C2C2(CCN(CC3CCCCN3)CC2)CN(C(=O)NC2CCC(F)CC2)[C@@H]1CO. The molecule has 3 N–H and O–H groups in total. The fourth-order valence-electron chi connectivity index (χ4n) is 9.98. The number of rotatable bonds is 5.